The van der Waals surface area contributed by atoms with Crippen LogP contribution in [0.15, 0.2) is 41.8 Å². The van der Waals surface area contributed by atoms with Crippen molar-refractivity contribution in [3.05, 3.63) is 47.3 Å². The van der Waals surface area contributed by atoms with Gasteiger partial charge in [0.25, 0.3) is 5.91 Å². The Balaban J connectivity index is 2.10. The molecule has 0 atom stereocenters. The van der Waals surface area contributed by atoms with Gasteiger partial charge in [0, 0.05) is 17.0 Å². The highest BCUT2D eigenvalue weighted by Crippen LogP contribution is 2.25. The lowest BCUT2D eigenvalue weighted by atomic mass is 10.1. The minimum atomic E-state index is 0.0156. The topological polar surface area (TPSA) is 29.1 Å². The third-order valence-electron chi connectivity index (χ3n) is 2.75. The molecule has 3 heteroatoms. The molecule has 0 bridgehead atoms. The number of amides is 1. The van der Waals surface area contributed by atoms with Crippen molar-refractivity contribution >= 4 is 17.2 Å². The summed E-state index contributed by atoms with van der Waals surface area (Å²) in [6.07, 6.45) is 2.12. The van der Waals surface area contributed by atoms with Crippen LogP contribution in [0.1, 0.15) is 30.1 Å². The molecule has 0 fully saturated rings. The van der Waals surface area contributed by atoms with Crippen LogP contribution >= 0.6 is 11.3 Å². The highest BCUT2D eigenvalue weighted by atomic mass is 32.1. The third-order valence-corrected chi connectivity index (χ3v) is 3.67. The van der Waals surface area contributed by atoms with E-state index in [4.69, 9.17) is 0 Å². The first-order valence-corrected chi connectivity index (χ1v) is 7.11. The molecular weight excluding hydrogens is 242 g/mol. The summed E-state index contributed by atoms with van der Waals surface area (Å²) in [5.74, 6) is 0.0156. The van der Waals surface area contributed by atoms with Crippen molar-refractivity contribution in [2.24, 2.45) is 0 Å². The molecule has 1 amide bonds. The van der Waals surface area contributed by atoms with Crippen LogP contribution in [-0.4, -0.2) is 12.5 Å². The van der Waals surface area contributed by atoms with Gasteiger partial charge in [-0.3, -0.25) is 4.79 Å². The Kier molecular flexibility index (Phi) is 4.53. The molecule has 0 spiro atoms. The lowest BCUT2D eigenvalue weighted by molar-refractivity contribution is 0.0953. The second-order valence-corrected chi connectivity index (χ2v) is 5.12. The Bertz CT molecular complexity index is 505. The van der Waals surface area contributed by atoms with Gasteiger partial charge in [0.05, 0.1) is 0 Å². The van der Waals surface area contributed by atoms with Crippen LogP contribution in [-0.2, 0) is 0 Å². The van der Waals surface area contributed by atoms with E-state index >= 15 is 0 Å². The quantitative estimate of drug-likeness (QED) is 0.809. The van der Waals surface area contributed by atoms with Crippen LogP contribution in [0.3, 0.4) is 0 Å². The van der Waals surface area contributed by atoms with E-state index in [1.54, 1.807) is 11.3 Å². The molecule has 2 rings (SSSR count). The zero-order valence-corrected chi connectivity index (χ0v) is 11.3. The molecule has 0 radical (unpaired) electrons. The van der Waals surface area contributed by atoms with Crippen LogP contribution in [0.4, 0.5) is 0 Å². The average molecular weight is 259 g/mol. The van der Waals surface area contributed by atoms with Gasteiger partial charge in [-0.05, 0) is 35.6 Å². The summed E-state index contributed by atoms with van der Waals surface area (Å²) < 4.78 is 0. The second-order valence-electron chi connectivity index (χ2n) is 4.17. The Morgan fingerprint density at radius 1 is 1.28 bits per heavy atom. The number of nitrogens with one attached hydrogen (secondary N) is 1. The first-order chi connectivity index (χ1) is 8.81. The lowest BCUT2D eigenvalue weighted by Crippen LogP contribution is -2.24. The highest BCUT2D eigenvalue weighted by Gasteiger charge is 2.06. The van der Waals surface area contributed by atoms with Crippen LogP contribution in [0.25, 0.3) is 10.4 Å². The summed E-state index contributed by atoms with van der Waals surface area (Å²) >= 11 is 1.69. The van der Waals surface area contributed by atoms with Crippen molar-refractivity contribution in [1.29, 1.82) is 0 Å². The van der Waals surface area contributed by atoms with Crippen molar-refractivity contribution in [2.75, 3.05) is 6.54 Å². The largest absolute Gasteiger partial charge is 0.352 e. The van der Waals surface area contributed by atoms with Gasteiger partial charge in [0.1, 0.15) is 0 Å². The zero-order chi connectivity index (χ0) is 12.8. The van der Waals surface area contributed by atoms with Crippen molar-refractivity contribution in [2.45, 2.75) is 19.8 Å². The minimum absolute atomic E-state index is 0.0156. The van der Waals surface area contributed by atoms with Gasteiger partial charge in [-0.2, -0.15) is 0 Å². The number of unbranched alkanes of at least 4 members (excludes halogenated alkanes) is 1. The number of carbonyl (C=O) groups is 1. The molecule has 0 saturated carbocycles. The fraction of sp³-hybridized carbons (Fsp3) is 0.267. The fourth-order valence-corrected chi connectivity index (χ4v) is 2.46. The lowest BCUT2D eigenvalue weighted by Gasteiger charge is -2.05. The van der Waals surface area contributed by atoms with Crippen LogP contribution in [0.2, 0.25) is 0 Å². The predicted octanol–water partition coefficient (Wildman–Crippen LogP) is 3.95. The SMILES string of the molecule is CCCCNC(=O)c1cccc(-c2cccs2)c1. The number of thiophene rings is 1. The molecule has 1 N–H and O–H groups in total. The Hall–Kier alpha value is -1.61. The third kappa shape index (κ3) is 3.20. The van der Waals surface area contributed by atoms with Crippen molar-refractivity contribution < 1.29 is 4.79 Å². The molecular formula is C15H17NOS. The number of hydrogen-bond donors (Lipinski definition) is 1. The Labute approximate surface area is 112 Å². The monoisotopic (exact) mass is 259 g/mol. The van der Waals surface area contributed by atoms with E-state index in [9.17, 15) is 4.79 Å². The average Bonchev–Trinajstić information content (AvgIpc) is 2.93. The van der Waals surface area contributed by atoms with E-state index in [1.165, 1.54) is 4.88 Å². The summed E-state index contributed by atoms with van der Waals surface area (Å²) in [7, 11) is 0. The molecule has 0 saturated heterocycles. The van der Waals surface area contributed by atoms with Gasteiger partial charge >= 0.3 is 0 Å². The van der Waals surface area contributed by atoms with Crippen LogP contribution < -0.4 is 5.32 Å². The molecule has 1 aromatic carbocycles. The van der Waals surface area contributed by atoms with E-state index in [1.807, 2.05) is 35.7 Å². The molecule has 2 nitrogen and oxygen atoms in total. The molecule has 1 aromatic heterocycles. The molecule has 0 aliphatic rings. The van der Waals surface area contributed by atoms with E-state index in [-0.39, 0.29) is 5.91 Å². The van der Waals surface area contributed by atoms with Gasteiger partial charge < -0.3 is 5.32 Å². The van der Waals surface area contributed by atoms with Crippen LogP contribution in [0.5, 0.6) is 0 Å². The van der Waals surface area contributed by atoms with Crippen molar-refractivity contribution in [3.8, 4) is 10.4 Å². The molecule has 18 heavy (non-hydrogen) atoms. The number of rotatable bonds is 5. The normalized spacial score (nSPS) is 10.3. The maximum atomic E-state index is 11.9. The molecule has 94 valence electrons. The minimum Gasteiger partial charge on any atom is -0.352 e. The van der Waals surface area contributed by atoms with E-state index in [0.29, 0.717) is 0 Å². The summed E-state index contributed by atoms with van der Waals surface area (Å²) in [5.41, 5.74) is 1.84. The maximum Gasteiger partial charge on any atom is 0.251 e. The summed E-state index contributed by atoms with van der Waals surface area (Å²) in [4.78, 5) is 13.1. The summed E-state index contributed by atoms with van der Waals surface area (Å²) in [6, 6.07) is 11.9. The fourth-order valence-electron chi connectivity index (χ4n) is 1.74. The van der Waals surface area contributed by atoms with Crippen LogP contribution in [0, 0.1) is 0 Å². The summed E-state index contributed by atoms with van der Waals surface area (Å²) in [5, 5.41) is 4.98. The molecule has 2 aromatic rings. The Morgan fingerprint density at radius 2 is 2.17 bits per heavy atom. The number of hydrogen-bond acceptors (Lipinski definition) is 2. The van der Waals surface area contributed by atoms with E-state index in [0.717, 1.165) is 30.5 Å². The first-order valence-electron chi connectivity index (χ1n) is 6.23. The van der Waals surface area contributed by atoms with Crippen molar-refractivity contribution in [1.82, 2.24) is 5.32 Å². The smallest absolute Gasteiger partial charge is 0.251 e. The first kappa shape index (κ1) is 12.8. The summed E-state index contributed by atoms with van der Waals surface area (Å²) in [6.45, 7) is 2.86. The molecule has 0 aliphatic heterocycles. The molecule has 0 unspecified atom stereocenters. The predicted molar refractivity (Wildman–Crippen MR) is 77.0 cm³/mol. The van der Waals surface area contributed by atoms with Gasteiger partial charge in [-0.25, -0.2) is 0 Å². The van der Waals surface area contributed by atoms with E-state index < -0.39 is 0 Å². The Morgan fingerprint density at radius 3 is 2.89 bits per heavy atom. The second kappa shape index (κ2) is 6.36. The number of benzene rings is 1. The standard InChI is InChI=1S/C15H17NOS/c1-2-3-9-16-15(17)13-7-4-6-12(11-13)14-8-5-10-18-14/h4-8,10-11H,2-3,9H2,1H3,(H,16,17). The van der Waals surface area contributed by atoms with Gasteiger partial charge in [0.15, 0.2) is 0 Å². The molecule has 1 heterocycles. The number of carbonyl (C=O) groups excluding carboxylic acids is 1. The van der Waals surface area contributed by atoms with Gasteiger partial charge in [-0.1, -0.05) is 31.5 Å². The van der Waals surface area contributed by atoms with Gasteiger partial charge in [0.2, 0.25) is 0 Å². The van der Waals surface area contributed by atoms with Gasteiger partial charge in [-0.15, -0.1) is 11.3 Å². The zero-order valence-electron chi connectivity index (χ0n) is 10.5. The highest BCUT2D eigenvalue weighted by molar-refractivity contribution is 7.13. The van der Waals surface area contributed by atoms with E-state index in [2.05, 4.69) is 18.3 Å². The maximum absolute atomic E-state index is 11.9. The van der Waals surface area contributed by atoms with Crippen molar-refractivity contribution in [3.63, 3.8) is 0 Å². The molecule has 0 aliphatic carbocycles.